The van der Waals surface area contributed by atoms with Gasteiger partial charge in [-0.3, -0.25) is 0 Å². The highest BCUT2D eigenvalue weighted by Crippen LogP contribution is 2.40. The summed E-state index contributed by atoms with van der Waals surface area (Å²) in [5.41, 5.74) is 11.0. The third-order valence-electron chi connectivity index (χ3n) is 8.83. The SMILES string of the molecule is Cc1ccc2c(c1-c1cc(F)c(C(C)(C)C)c[n+]1C)[Si](C)(C)c1c-2ccc(C#N)c1-c1cccc(-c2ccccc2)c1. The molecule has 0 fully saturated rings. The minimum absolute atomic E-state index is 0.173. The van der Waals surface area contributed by atoms with Crippen molar-refractivity contribution in [3.63, 3.8) is 0 Å². The predicted octanol–water partition coefficient (Wildman–Crippen LogP) is 7.93. The van der Waals surface area contributed by atoms with Crippen LogP contribution in [0.5, 0.6) is 0 Å². The molecule has 0 radical (unpaired) electrons. The number of benzene rings is 4. The van der Waals surface area contributed by atoms with Gasteiger partial charge < -0.3 is 0 Å². The molecule has 208 valence electrons. The molecule has 1 aliphatic rings. The average Bonchev–Trinajstić information content (AvgIpc) is 3.20. The van der Waals surface area contributed by atoms with Crippen molar-refractivity contribution in [1.29, 1.82) is 5.26 Å². The lowest BCUT2D eigenvalue weighted by molar-refractivity contribution is -0.661. The van der Waals surface area contributed by atoms with Gasteiger partial charge in [-0.15, -0.1) is 0 Å². The third-order valence-corrected chi connectivity index (χ3v) is 12.4. The quantitative estimate of drug-likeness (QED) is 0.161. The van der Waals surface area contributed by atoms with Crippen molar-refractivity contribution in [1.82, 2.24) is 0 Å². The molecule has 0 unspecified atom stereocenters. The predicted molar refractivity (Wildman–Crippen MR) is 174 cm³/mol. The first-order valence-electron chi connectivity index (χ1n) is 14.5. The second-order valence-electron chi connectivity index (χ2n) is 13.1. The molecule has 0 amide bonds. The highest BCUT2D eigenvalue weighted by atomic mass is 28.3. The molecule has 0 aliphatic carbocycles. The van der Waals surface area contributed by atoms with Gasteiger partial charge in [-0.25, -0.2) is 8.96 Å². The van der Waals surface area contributed by atoms with Gasteiger partial charge in [-0.2, -0.15) is 5.26 Å². The van der Waals surface area contributed by atoms with Gasteiger partial charge in [0.1, 0.15) is 20.9 Å². The maximum atomic E-state index is 15.7. The lowest BCUT2D eigenvalue weighted by Gasteiger charge is -2.26. The molecule has 2 heterocycles. The molecular formula is C38H36FN2Si+. The zero-order valence-corrected chi connectivity index (χ0v) is 26.4. The number of hydrogen-bond donors (Lipinski definition) is 0. The summed E-state index contributed by atoms with van der Waals surface area (Å²) in [5.74, 6) is -0.173. The van der Waals surface area contributed by atoms with E-state index in [1.165, 1.54) is 21.5 Å². The molecule has 0 saturated heterocycles. The topological polar surface area (TPSA) is 27.7 Å². The van der Waals surface area contributed by atoms with Crippen LogP contribution >= 0.6 is 0 Å². The molecule has 5 aromatic rings. The molecule has 0 atom stereocenters. The van der Waals surface area contributed by atoms with Crippen molar-refractivity contribution in [2.24, 2.45) is 7.05 Å². The summed E-state index contributed by atoms with van der Waals surface area (Å²) >= 11 is 0. The van der Waals surface area contributed by atoms with E-state index >= 15 is 4.39 Å². The fourth-order valence-corrected chi connectivity index (χ4v) is 10.7. The number of hydrogen-bond acceptors (Lipinski definition) is 1. The van der Waals surface area contributed by atoms with E-state index in [-0.39, 0.29) is 11.2 Å². The lowest BCUT2D eigenvalue weighted by Crippen LogP contribution is -2.52. The fourth-order valence-electron chi connectivity index (χ4n) is 6.81. The average molecular weight is 568 g/mol. The summed E-state index contributed by atoms with van der Waals surface area (Å²) in [6, 6.07) is 31.6. The number of aryl methyl sites for hydroxylation is 2. The number of aromatic nitrogens is 1. The minimum atomic E-state index is -2.39. The molecule has 0 bridgehead atoms. The Morgan fingerprint density at radius 3 is 2.05 bits per heavy atom. The smallest absolute Gasteiger partial charge is 0.206 e. The summed E-state index contributed by atoms with van der Waals surface area (Å²) in [6.45, 7) is 13.0. The normalized spacial score (nSPS) is 13.4. The summed E-state index contributed by atoms with van der Waals surface area (Å²) in [4.78, 5) is 0. The van der Waals surface area contributed by atoms with E-state index < -0.39 is 8.07 Å². The van der Waals surface area contributed by atoms with Crippen LogP contribution in [-0.2, 0) is 12.5 Å². The molecule has 2 nitrogen and oxygen atoms in total. The van der Waals surface area contributed by atoms with E-state index in [4.69, 9.17) is 0 Å². The van der Waals surface area contributed by atoms with E-state index in [9.17, 15) is 5.26 Å². The van der Waals surface area contributed by atoms with Crippen molar-refractivity contribution in [2.45, 2.75) is 46.2 Å². The molecule has 1 aromatic heterocycles. The second-order valence-corrected chi connectivity index (χ2v) is 17.3. The molecular weight excluding hydrogens is 532 g/mol. The lowest BCUT2D eigenvalue weighted by atomic mass is 9.87. The van der Waals surface area contributed by atoms with Crippen molar-refractivity contribution >= 4 is 18.4 Å². The van der Waals surface area contributed by atoms with Gasteiger partial charge in [-0.05, 0) is 73.8 Å². The zero-order chi connectivity index (χ0) is 30.0. The summed E-state index contributed by atoms with van der Waals surface area (Å²) in [6.07, 6.45) is 1.95. The molecule has 4 aromatic carbocycles. The van der Waals surface area contributed by atoms with E-state index in [0.29, 0.717) is 11.1 Å². The monoisotopic (exact) mass is 567 g/mol. The Labute approximate surface area is 249 Å². The van der Waals surface area contributed by atoms with Gasteiger partial charge >= 0.3 is 0 Å². The Balaban J connectivity index is 1.61. The number of nitrogens with zero attached hydrogens (tertiary/aromatic N) is 2. The number of pyridine rings is 1. The first-order chi connectivity index (χ1) is 19.9. The van der Waals surface area contributed by atoms with Crippen molar-refractivity contribution in [3.05, 3.63) is 114 Å². The Morgan fingerprint density at radius 2 is 1.38 bits per heavy atom. The molecule has 6 rings (SSSR count). The first-order valence-corrected chi connectivity index (χ1v) is 17.5. The molecule has 0 spiro atoms. The Morgan fingerprint density at radius 1 is 0.762 bits per heavy atom. The molecule has 4 heteroatoms. The number of nitriles is 1. The Hall–Kier alpha value is -4.33. The van der Waals surface area contributed by atoms with Crippen LogP contribution in [0.4, 0.5) is 4.39 Å². The third kappa shape index (κ3) is 4.32. The standard InChI is InChI=1S/C38H36FN2Si/c1-24-16-18-29-30-19-17-28(22-40)35(27-15-11-14-26(20-27)25-12-9-8-10-13-25)37(30)42(6,7)36(29)34(24)33-21-32(39)31(23-41(33)5)38(2,3)4/h8-21,23H,1-7H3/q+1. The van der Waals surface area contributed by atoms with Crippen LogP contribution in [0.25, 0.3) is 44.6 Å². The zero-order valence-electron chi connectivity index (χ0n) is 25.4. The van der Waals surface area contributed by atoms with Crippen molar-refractivity contribution in [3.8, 4) is 50.7 Å². The maximum absolute atomic E-state index is 15.7. The highest BCUT2D eigenvalue weighted by Gasteiger charge is 2.44. The van der Waals surface area contributed by atoms with E-state index in [1.807, 2.05) is 46.1 Å². The first kappa shape index (κ1) is 27.8. The van der Waals surface area contributed by atoms with Crippen LogP contribution in [0.15, 0.2) is 91.1 Å². The fraction of sp³-hybridized carbons (Fsp3) is 0.211. The summed E-state index contributed by atoms with van der Waals surface area (Å²) in [5, 5.41) is 12.9. The van der Waals surface area contributed by atoms with E-state index in [2.05, 4.69) is 97.4 Å². The van der Waals surface area contributed by atoms with Gasteiger partial charge in [0.25, 0.3) is 0 Å². The maximum Gasteiger partial charge on any atom is 0.215 e. The second kappa shape index (κ2) is 9.89. The van der Waals surface area contributed by atoms with Crippen LogP contribution < -0.4 is 14.9 Å². The van der Waals surface area contributed by atoms with Crippen molar-refractivity contribution < 1.29 is 8.96 Å². The van der Waals surface area contributed by atoms with Crippen LogP contribution in [0.3, 0.4) is 0 Å². The van der Waals surface area contributed by atoms with Crippen LogP contribution in [0.2, 0.25) is 13.1 Å². The summed E-state index contributed by atoms with van der Waals surface area (Å²) < 4.78 is 17.8. The number of halogens is 1. The largest absolute Gasteiger partial charge is 0.215 e. The van der Waals surface area contributed by atoms with Gasteiger partial charge in [-0.1, -0.05) is 101 Å². The Kier molecular flexibility index (Phi) is 6.55. The van der Waals surface area contributed by atoms with Gasteiger partial charge in [0.05, 0.1) is 17.2 Å². The van der Waals surface area contributed by atoms with Gasteiger partial charge in [0, 0.05) is 11.6 Å². The van der Waals surface area contributed by atoms with Gasteiger partial charge in [0.2, 0.25) is 5.69 Å². The molecule has 1 aliphatic heterocycles. The van der Waals surface area contributed by atoms with Gasteiger partial charge in [0.15, 0.2) is 6.20 Å². The number of fused-ring (bicyclic) bond motifs is 3. The van der Waals surface area contributed by atoms with Crippen LogP contribution in [0, 0.1) is 24.1 Å². The molecule has 42 heavy (non-hydrogen) atoms. The molecule has 0 saturated carbocycles. The van der Waals surface area contributed by atoms with Crippen LogP contribution in [-0.4, -0.2) is 8.07 Å². The van der Waals surface area contributed by atoms with Crippen LogP contribution in [0.1, 0.15) is 37.5 Å². The highest BCUT2D eigenvalue weighted by molar-refractivity contribution is 7.05. The van der Waals surface area contributed by atoms with E-state index in [0.717, 1.165) is 39.1 Å². The Bertz CT molecular complexity index is 1920. The van der Waals surface area contributed by atoms with Crippen molar-refractivity contribution in [2.75, 3.05) is 0 Å². The number of rotatable bonds is 3. The molecule has 0 N–H and O–H groups in total. The minimum Gasteiger partial charge on any atom is -0.206 e. The van der Waals surface area contributed by atoms with E-state index in [1.54, 1.807) is 6.07 Å². The summed E-state index contributed by atoms with van der Waals surface area (Å²) in [7, 11) is -0.368.